The highest BCUT2D eigenvalue weighted by Crippen LogP contribution is 2.36. The zero-order valence-electron chi connectivity index (χ0n) is 9.78. The van der Waals surface area contributed by atoms with E-state index in [1.165, 1.54) is 25.7 Å². The van der Waals surface area contributed by atoms with E-state index in [4.69, 9.17) is 5.73 Å². The molecule has 2 unspecified atom stereocenters. The minimum Gasteiger partial charge on any atom is -0.394 e. The van der Waals surface area contributed by atoms with E-state index in [1.54, 1.807) is 0 Å². The van der Waals surface area contributed by atoms with Gasteiger partial charge >= 0.3 is 0 Å². The average Bonchev–Trinajstić information content (AvgIpc) is 3.01. The fourth-order valence-electron chi connectivity index (χ4n) is 2.87. The van der Waals surface area contributed by atoms with E-state index in [0.717, 1.165) is 25.4 Å². The van der Waals surface area contributed by atoms with E-state index in [9.17, 15) is 5.11 Å². The summed E-state index contributed by atoms with van der Waals surface area (Å²) in [6.45, 7) is 1.30. The van der Waals surface area contributed by atoms with Gasteiger partial charge in [0.15, 0.2) is 0 Å². The van der Waals surface area contributed by atoms with Crippen LogP contribution in [0.1, 0.15) is 38.5 Å². The van der Waals surface area contributed by atoms with Gasteiger partial charge in [-0.25, -0.2) is 0 Å². The normalized spacial score (nSPS) is 36.4. The topological polar surface area (TPSA) is 49.5 Å². The smallest absolute Gasteiger partial charge is 0.0613 e. The summed E-state index contributed by atoms with van der Waals surface area (Å²) in [5.74, 6) is 0.531. The Morgan fingerprint density at radius 1 is 1.40 bits per heavy atom. The van der Waals surface area contributed by atoms with Crippen LogP contribution >= 0.6 is 0 Å². The van der Waals surface area contributed by atoms with Gasteiger partial charge in [-0.15, -0.1) is 0 Å². The van der Waals surface area contributed by atoms with Crippen molar-refractivity contribution in [2.45, 2.75) is 50.1 Å². The van der Waals surface area contributed by atoms with Crippen LogP contribution in [0.25, 0.3) is 0 Å². The molecule has 3 N–H and O–H groups in total. The summed E-state index contributed by atoms with van der Waals surface area (Å²) in [4.78, 5) is 2.45. The summed E-state index contributed by atoms with van der Waals surface area (Å²) < 4.78 is 0. The van der Waals surface area contributed by atoms with Crippen LogP contribution in [-0.4, -0.2) is 41.8 Å². The van der Waals surface area contributed by atoms with Crippen LogP contribution in [-0.2, 0) is 0 Å². The summed E-state index contributed by atoms with van der Waals surface area (Å²) >= 11 is 0. The number of rotatable bonds is 5. The average molecular weight is 212 g/mol. The van der Waals surface area contributed by atoms with Gasteiger partial charge in [0.25, 0.3) is 0 Å². The fraction of sp³-hybridized carbons (Fsp3) is 1.00. The first kappa shape index (κ1) is 11.4. The van der Waals surface area contributed by atoms with Gasteiger partial charge in [-0.05, 0) is 51.6 Å². The van der Waals surface area contributed by atoms with Gasteiger partial charge in [0.1, 0.15) is 0 Å². The van der Waals surface area contributed by atoms with Gasteiger partial charge in [-0.3, -0.25) is 0 Å². The van der Waals surface area contributed by atoms with Gasteiger partial charge in [0.2, 0.25) is 0 Å². The molecule has 0 aromatic rings. The molecule has 2 aliphatic rings. The lowest BCUT2D eigenvalue weighted by molar-refractivity contribution is 0.146. The summed E-state index contributed by atoms with van der Waals surface area (Å²) in [5.41, 5.74) is 5.94. The molecule has 2 saturated carbocycles. The first-order chi connectivity index (χ1) is 7.15. The Balaban J connectivity index is 1.77. The second-order valence-corrected chi connectivity index (χ2v) is 5.48. The van der Waals surface area contributed by atoms with Gasteiger partial charge < -0.3 is 15.7 Å². The molecule has 2 fully saturated rings. The van der Waals surface area contributed by atoms with Gasteiger partial charge in [0, 0.05) is 11.6 Å². The Bertz CT molecular complexity index is 218. The summed E-state index contributed by atoms with van der Waals surface area (Å²) in [7, 11) is 2.21. The molecule has 0 saturated heterocycles. The van der Waals surface area contributed by atoms with Crippen LogP contribution in [0.4, 0.5) is 0 Å². The van der Waals surface area contributed by atoms with Crippen molar-refractivity contribution in [3.8, 4) is 0 Å². The van der Waals surface area contributed by atoms with E-state index in [2.05, 4.69) is 11.9 Å². The van der Waals surface area contributed by atoms with Crippen molar-refractivity contribution < 1.29 is 5.11 Å². The summed E-state index contributed by atoms with van der Waals surface area (Å²) in [6.07, 6.45) is 7.29. The molecule has 15 heavy (non-hydrogen) atoms. The largest absolute Gasteiger partial charge is 0.394 e. The predicted octanol–water partition coefficient (Wildman–Crippen LogP) is 0.961. The molecule has 3 heteroatoms. The summed E-state index contributed by atoms with van der Waals surface area (Å²) in [6, 6.07) is 0.840. The van der Waals surface area contributed by atoms with Crippen molar-refractivity contribution in [3.63, 3.8) is 0 Å². The number of nitrogens with zero attached hydrogens (tertiary/aromatic N) is 1. The minimum absolute atomic E-state index is 0.158. The zero-order valence-corrected chi connectivity index (χ0v) is 9.78. The van der Waals surface area contributed by atoms with E-state index >= 15 is 0 Å². The van der Waals surface area contributed by atoms with Crippen molar-refractivity contribution in [3.05, 3.63) is 0 Å². The number of aliphatic hydroxyl groups excluding tert-OH is 1. The second-order valence-electron chi connectivity index (χ2n) is 5.48. The molecule has 2 atom stereocenters. The van der Waals surface area contributed by atoms with Gasteiger partial charge in [0.05, 0.1) is 6.61 Å². The first-order valence-electron chi connectivity index (χ1n) is 6.26. The molecule has 0 aliphatic heterocycles. The van der Waals surface area contributed by atoms with Crippen LogP contribution in [0.15, 0.2) is 0 Å². The Labute approximate surface area is 92.6 Å². The summed E-state index contributed by atoms with van der Waals surface area (Å²) in [5, 5.41) is 9.34. The molecular weight excluding hydrogens is 188 g/mol. The fourth-order valence-corrected chi connectivity index (χ4v) is 2.87. The molecule has 2 aliphatic carbocycles. The molecule has 0 radical (unpaired) electrons. The lowest BCUT2D eigenvalue weighted by Crippen LogP contribution is -2.47. The standard InChI is InChI=1S/C12H24N2O/c1-14(11-4-5-11)8-6-10-3-2-7-12(10,13)9-15/h10-11,15H,2-9,13H2,1H3. The van der Waals surface area contributed by atoms with Crippen molar-refractivity contribution in [2.24, 2.45) is 11.7 Å². The monoisotopic (exact) mass is 212 g/mol. The van der Waals surface area contributed by atoms with Crippen LogP contribution in [0.5, 0.6) is 0 Å². The van der Waals surface area contributed by atoms with E-state index < -0.39 is 0 Å². The third-order valence-electron chi connectivity index (χ3n) is 4.30. The minimum atomic E-state index is -0.273. The predicted molar refractivity (Wildman–Crippen MR) is 61.6 cm³/mol. The van der Waals surface area contributed by atoms with E-state index in [0.29, 0.717) is 5.92 Å². The molecule has 0 heterocycles. The van der Waals surface area contributed by atoms with E-state index in [1.807, 2.05) is 0 Å². The van der Waals surface area contributed by atoms with Gasteiger partial charge in [-0.2, -0.15) is 0 Å². The third-order valence-corrected chi connectivity index (χ3v) is 4.30. The Morgan fingerprint density at radius 3 is 2.73 bits per heavy atom. The zero-order chi connectivity index (χ0) is 10.9. The molecule has 0 aromatic carbocycles. The molecule has 88 valence electrons. The van der Waals surface area contributed by atoms with Crippen molar-refractivity contribution >= 4 is 0 Å². The van der Waals surface area contributed by atoms with Crippen LogP contribution in [0, 0.1) is 5.92 Å². The maximum atomic E-state index is 9.34. The highest BCUT2D eigenvalue weighted by Gasteiger charge is 2.39. The Kier molecular flexibility index (Phi) is 3.33. The highest BCUT2D eigenvalue weighted by atomic mass is 16.3. The molecule has 0 aromatic heterocycles. The second kappa shape index (κ2) is 4.40. The van der Waals surface area contributed by atoms with Crippen LogP contribution < -0.4 is 5.73 Å². The van der Waals surface area contributed by atoms with Crippen molar-refractivity contribution in [1.29, 1.82) is 0 Å². The number of hydrogen-bond donors (Lipinski definition) is 2. The van der Waals surface area contributed by atoms with Crippen LogP contribution in [0.3, 0.4) is 0 Å². The molecule has 0 spiro atoms. The molecule has 0 bridgehead atoms. The SMILES string of the molecule is CN(CCC1CCCC1(N)CO)C1CC1. The van der Waals surface area contributed by atoms with Crippen molar-refractivity contribution in [1.82, 2.24) is 4.90 Å². The van der Waals surface area contributed by atoms with Crippen molar-refractivity contribution in [2.75, 3.05) is 20.2 Å². The molecule has 3 nitrogen and oxygen atoms in total. The first-order valence-corrected chi connectivity index (χ1v) is 6.26. The number of hydrogen-bond acceptors (Lipinski definition) is 3. The highest BCUT2D eigenvalue weighted by molar-refractivity contribution is 4.96. The number of aliphatic hydroxyl groups is 1. The van der Waals surface area contributed by atoms with Crippen LogP contribution in [0.2, 0.25) is 0 Å². The lowest BCUT2D eigenvalue weighted by Gasteiger charge is -2.30. The van der Waals surface area contributed by atoms with E-state index in [-0.39, 0.29) is 12.1 Å². The molecule has 0 amide bonds. The lowest BCUT2D eigenvalue weighted by atomic mass is 9.86. The maximum Gasteiger partial charge on any atom is 0.0613 e. The maximum absolute atomic E-state index is 9.34. The number of nitrogens with two attached hydrogens (primary N) is 1. The quantitative estimate of drug-likeness (QED) is 0.713. The Morgan fingerprint density at radius 2 is 2.13 bits per heavy atom. The molecular formula is C12H24N2O. The molecule has 2 rings (SSSR count). The Hall–Kier alpha value is -0.120. The third kappa shape index (κ3) is 2.52. The van der Waals surface area contributed by atoms with Gasteiger partial charge in [-0.1, -0.05) is 6.42 Å².